The average molecular weight is 372 g/mol. The Hall–Kier alpha value is -1.11. The van der Waals surface area contributed by atoms with Gasteiger partial charge in [0, 0.05) is 15.3 Å². The Morgan fingerprint density at radius 3 is 2.84 bits per heavy atom. The van der Waals surface area contributed by atoms with Crippen LogP contribution >= 0.6 is 22.6 Å². The fourth-order valence-corrected chi connectivity index (χ4v) is 2.73. The monoisotopic (exact) mass is 372 g/mol. The van der Waals surface area contributed by atoms with E-state index in [9.17, 15) is 9.59 Å². The number of rotatable bonds is 4. The van der Waals surface area contributed by atoms with Crippen LogP contribution < -0.4 is 5.32 Å². The Bertz CT molecular complexity index is 504. The van der Waals surface area contributed by atoms with E-state index < -0.39 is 6.04 Å². The van der Waals surface area contributed by atoms with Crippen molar-refractivity contribution >= 4 is 40.1 Å². The van der Waals surface area contributed by atoms with Crippen LogP contribution in [0.25, 0.3) is 0 Å². The lowest BCUT2D eigenvalue weighted by atomic mass is 10.2. The molecule has 0 radical (unpaired) electrons. The topological polar surface area (TPSA) is 49.4 Å². The Labute approximate surface area is 126 Å². The van der Waals surface area contributed by atoms with Gasteiger partial charge >= 0.3 is 0 Å². The van der Waals surface area contributed by atoms with Crippen molar-refractivity contribution in [3.05, 3.63) is 27.8 Å². The van der Waals surface area contributed by atoms with Gasteiger partial charge in [-0.3, -0.25) is 14.5 Å². The summed E-state index contributed by atoms with van der Waals surface area (Å²) in [5.74, 6) is -0.194. The minimum atomic E-state index is -0.431. The largest absolute Gasteiger partial charge is 0.373 e. The molecule has 1 saturated heterocycles. The number of anilines is 1. The summed E-state index contributed by atoms with van der Waals surface area (Å²) in [6, 6.07) is 7.33. The molecule has 1 aliphatic rings. The van der Waals surface area contributed by atoms with Crippen LogP contribution in [0.15, 0.2) is 24.3 Å². The van der Waals surface area contributed by atoms with Crippen LogP contribution in [0.4, 0.5) is 5.69 Å². The number of hydrogen-bond acceptors (Lipinski definition) is 3. The van der Waals surface area contributed by atoms with Gasteiger partial charge in [0.2, 0.25) is 5.91 Å². The number of halogens is 1. The van der Waals surface area contributed by atoms with Gasteiger partial charge in [0.1, 0.15) is 6.04 Å². The summed E-state index contributed by atoms with van der Waals surface area (Å²) in [5.41, 5.74) is 0.879. The maximum Gasteiger partial charge on any atom is 0.252 e. The van der Waals surface area contributed by atoms with Gasteiger partial charge < -0.3 is 5.32 Å². The number of carbonyl (C=O) groups excluding carboxylic acids is 2. The van der Waals surface area contributed by atoms with Crippen molar-refractivity contribution in [3.8, 4) is 0 Å². The molecule has 5 heteroatoms. The molecule has 0 aromatic heterocycles. The van der Waals surface area contributed by atoms with E-state index in [0.29, 0.717) is 0 Å². The molecule has 0 bridgehead atoms. The first-order valence-electron chi connectivity index (χ1n) is 6.41. The molecule has 0 saturated carbocycles. The minimum Gasteiger partial charge on any atom is -0.373 e. The number of amides is 2. The van der Waals surface area contributed by atoms with E-state index in [1.807, 2.05) is 38.1 Å². The molecule has 2 atom stereocenters. The first-order chi connectivity index (χ1) is 9.02. The summed E-state index contributed by atoms with van der Waals surface area (Å²) in [5, 5.41) is 3.15. The smallest absolute Gasteiger partial charge is 0.252 e. The maximum absolute atomic E-state index is 12.2. The number of likely N-dealkylation sites (tertiary alicyclic amines) is 1. The lowest BCUT2D eigenvalue weighted by Crippen LogP contribution is -2.40. The van der Waals surface area contributed by atoms with E-state index in [1.165, 1.54) is 4.90 Å². The lowest BCUT2D eigenvalue weighted by molar-refractivity contribution is -0.140. The van der Waals surface area contributed by atoms with Crippen molar-refractivity contribution in [2.24, 2.45) is 0 Å². The SMILES string of the molecule is CCC(C)N1C(=O)CC(Nc2cccc(I)c2)C1=O. The van der Waals surface area contributed by atoms with Gasteiger partial charge in [-0.15, -0.1) is 0 Å². The highest BCUT2D eigenvalue weighted by molar-refractivity contribution is 14.1. The lowest BCUT2D eigenvalue weighted by Gasteiger charge is -2.21. The standard InChI is InChI=1S/C14H17IN2O2/c1-3-9(2)17-13(18)8-12(14(17)19)16-11-6-4-5-10(15)7-11/h4-7,9,12,16H,3,8H2,1-2H3. The molecular weight excluding hydrogens is 355 g/mol. The van der Waals surface area contributed by atoms with Crippen LogP contribution in [0.2, 0.25) is 0 Å². The Morgan fingerprint density at radius 2 is 2.21 bits per heavy atom. The number of benzene rings is 1. The van der Waals surface area contributed by atoms with Gasteiger partial charge in [-0.05, 0) is 54.1 Å². The second kappa shape index (κ2) is 5.90. The fourth-order valence-electron chi connectivity index (χ4n) is 2.19. The van der Waals surface area contributed by atoms with Crippen LogP contribution in [0.5, 0.6) is 0 Å². The first-order valence-corrected chi connectivity index (χ1v) is 7.48. The highest BCUT2D eigenvalue weighted by Crippen LogP contribution is 2.22. The molecule has 1 aromatic carbocycles. The quantitative estimate of drug-likeness (QED) is 0.653. The number of nitrogens with zero attached hydrogens (tertiary/aromatic N) is 1. The summed E-state index contributed by atoms with van der Waals surface area (Å²) >= 11 is 2.22. The van der Waals surface area contributed by atoms with Gasteiger partial charge in [-0.25, -0.2) is 0 Å². The molecular formula is C14H17IN2O2. The van der Waals surface area contributed by atoms with Gasteiger partial charge in [0.25, 0.3) is 5.91 Å². The molecule has 2 amide bonds. The number of hydrogen-bond donors (Lipinski definition) is 1. The molecule has 1 fully saturated rings. The van der Waals surface area contributed by atoms with Crippen molar-refractivity contribution in [2.45, 2.75) is 38.8 Å². The summed E-state index contributed by atoms with van der Waals surface area (Å²) in [7, 11) is 0. The van der Waals surface area contributed by atoms with Crippen molar-refractivity contribution in [3.63, 3.8) is 0 Å². The van der Waals surface area contributed by atoms with Crippen molar-refractivity contribution in [2.75, 3.05) is 5.32 Å². The normalized spacial score (nSPS) is 20.8. The summed E-state index contributed by atoms with van der Waals surface area (Å²) in [6.45, 7) is 3.88. The molecule has 4 nitrogen and oxygen atoms in total. The Kier molecular flexibility index (Phi) is 4.44. The van der Waals surface area contributed by atoms with Crippen LogP contribution in [-0.2, 0) is 9.59 Å². The molecule has 102 valence electrons. The van der Waals surface area contributed by atoms with Crippen LogP contribution in [-0.4, -0.2) is 28.8 Å². The molecule has 2 unspecified atom stereocenters. The predicted molar refractivity (Wildman–Crippen MR) is 82.8 cm³/mol. The molecule has 0 aliphatic carbocycles. The fraction of sp³-hybridized carbons (Fsp3) is 0.429. The second-order valence-corrected chi connectivity index (χ2v) is 6.02. The third kappa shape index (κ3) is 3.08. The number of carbonyl (C=O) groups is 2. The zero-order valence-electron chi connectivity index (χ0n) is 11.0. The maximum atomic E-state index is 12.2. The van der Waals surface area contributed by atoms with E-state index in [4.69, 9.17) is 0 Å². The van der Waals surface area contributed by atoms with Gasteiger partial charge in [-0.2, -0.15) is 0 Å². The van der Waals surface area contributed by atoms with Crippen LogP contribution in [0.3, 0.4) is 0 Å². The van der Waals surface area contributed by atoms with E-state index in [2.05, 4.69) is 27.9 Å². The van der Waals surface area contributed by atoms with Crippen LogP contribution in [0, 0.1) is 3.57 Å². The van der Waals surface area contributed by atoms with E-state index >= 15 is 0 Å². The van der Waals surface area contributed by atoms with Crippen molar-refractivity contribution in [1.82, 2.24) is 4.90 Å². The van der Waals surface area contributed by atoms with Crippen molar-refractivity contribution in [1.29, 1.82) is 0 Å². The Balaban J connectivity index is 2.11. The zero-order chi connectivity index (χ0) is 14.0. The zero-order valence-corrected chi connectivity index (χ0v) is 13.2. The average Bonchev–Trinajstić information content (AvgIpc) is 2.64. The van der Waals surface area contributed by atoms with Gasteiger partial charge in [0.05, 0.1) is 6.42 Å². The molecule has 19 heavy (non-hydrogen) atoms. The molecule has 1 aromatic rings. The molecule has 1 heterocycles. The van der Waals surface area contributed by atoms with E-state index in [0.717, 1.165) is 15.7 Å². The Morgan fingerprint density at radius 1 is 1.47 bits per heavy atom. The summed E-state index contributed by atoms with van der Waals surface area (Å²) in [4.78, 5) is 25.6. The van der Waals surface area contributed by atoms with E-state index in [-0.39, 0.29) is 24.3 Å². The number of nitrogens with one attached hydrogen (secondary N) is 1. The highest BCUT2D eigenvalue weighted by atomic mass is 127. The molecule has 0 spiro atoms. The molecule has 1 N–H and O–H groups in total. The predicted octanol–water partition coefficient (Wildman–Crippen LogP) is 2.63. The first kappa shape index (κ1) is 14.3. The number of imide groups is 1. The highest BCUT2D eigenvalue weighted by Gasteiger charge is 2.40. The van der Waals surface area contributed by atoms with Gasteiger partial charge in [-0.1, -0.05) is 13.0 Å². The van der Waals surface area contributed by atoms with Gasteiger partial charge in [0.15, 0.2) is 0 Å². The molecule has 2 rings (SSSR count). The van der Waals surface area contributed by atoms with Crippen LogP contribution in [0.1, 0.15) is 26.7 Å². The third-order valence-electron chi connectivity index (χ3n) is 3.38. The molecule has 1 aliphatic heterocycles. The third-order valence-corrected chi connectivity index (χ3v) is 4.05. The minimum absolute atomic E-state index is 0.0253. The summed E-state index contributed by atoms with van der Waals surface area (Å²) in [6.07, 6.45) is 1.03. The van der Waals surface area contributed by atoms with Crippen molar-refractivity contribution < 1.29 is 9.59 Å². The second-order valence-electron chi connectivity index (χ2n) is 4.77. The van der Waals surface area contributed by atoms with E-state index in [1.54, 1.807) is 0 Å². The summed E-state index contributed by atoms with van der Waals surface area (Å²) < 4.78 is 1.10.